The third kappa shape index (κ3) is 8.67. The Morgan fingerprint density at radius 1 is 1.33 bits per heavy atom. The Kier molecular flexibility index (Phi) is 9.82. The zero-order valence-corrected chi connectivity index (χ0v) is 14.3. The van der Waals surface area contributed by atoms with Crippen molar-refractivity contribution < 1.29 is 4.74 Å². The van der Waals surface area contributed by atoms with E-state index in [1.54, 1.807) is 11.3 Å². The molecule has 0 bridgehead atoms. The molecule has 0 aromatic carbocycles. The molecule has 0 aliphatic carbocycles. The summed E-state index contributed by atoms with van der Waals surface area (Å²) in [4.78, 5) is 10.2. The number of rotatable bonds is 10. The molecule has 0 saturated carbocycles. The van der Waals surface area contributed by atoms with Crippen molar-refractivity contribution in [2.24, 2.45) is 4.99 Å². The maximum absolute atomic E-state index is 5.32. The van der Waals surface area contributed by atoms with Crippen molar-refractivity contribution in [2.45, 2.75) is 40.0 Å². The normalized spacial score (nSPS) is 11.7. The Bertz CT molecular complexity index is 406. The molecule has 120 valence electrons. The van der Waals surface area contributed by atoms with Crippen molar-refractivity contribution >= 4 is 17.3 Å². The van der Waals surface area contributed by atoms with Crippen molar-refractivity contribution in [3.8, 4) is 0 Å². The van der Waals surface area contributed by atoms with Crippen molar-refractivity contribution in [3.63, 3.8) is 0 Å². The molecule has 0 unspecified atom stereocenters. The minimum Gasteiger partial charge on any atom is -0.382 e. The highest BCUT2D eigenvalue weighted by Crippen LogP contribution is 2.10. The van der Waals surface area contributed by atoms with E-state index in [0.717, 1.165) is 58.1 Å². The highest BCUT2D eigenvalue weighted by molar-refractivity contribution is 7.11. The summed E-state index contributed by atoms with van der Waals surface area (Å²) < 4.78 is 5.32. The van der Waals surface area contributed by atoms with Crippen LogP contribution in [0.1, 0.15) is 36.6 Å². The summed E-state index contributed by atoms with van der Waals surface area (Å²) in [6.07, 6.45) is 4.99. The summed E-state index contributed by atoms with van der Waals surface area (Å²) in [6, 6.07) is 0. The molecule has 0 fully saturated rings. The lowest BCUT2D eigenvalue weighted by atomic mass is 10.3. The lowest BCUT2D eigenvalue weighted by Gasteiger charge is -2.10. The topological polar surface area (TPSA) is 58.5 Å². The van der Waals surface area contributed by atoms with Gasteiger partial charge in [0.15, 0.2) is 5.96 Å². The first kappa shape index (κ1) is 17.9. The standard InChI is InChI=1S/C15H28N4OS/c1-4-16-15(17-9-6-7-11-20-5-2)18-10-8-14-19-12-13(3)21-14/h12H,4-11H2,1-3H3,(H2,16,17,18). The maximum atomic E-state index is 5.32. The summed E-state index contributed by atoms with van der Waals surface area (Å²) in [7, 11) is 0. The van der Waals surface area contributed by atoms with Gasteiger partial charge in [0.05, 0.1) is 5.01 Å². The van der Waals surface area contributed by atoms with Gasteiger partial charge < -0.3 is 15.4 Å². The molecule has 2 N–H and O–H groups in total. The van der Waals surface area contributed by atoms with Crippen LogP contribution in [-0.2, 0) is 11.2 Å². The number of nitrogens with one attached hydrogen (secondary N) is 2. The van der Waals surface area contributed by atoms with E-state index in [0.29, 0.717) is 0 Å². The van der Waals surface area contributed by atoms with Crippen LogP contribution in [0.4, 0.5) is 0 Å². The van der Waals surface area contributed by atoms with E-state index in [1.165, 1.54) is 9.88 Å². The largest absolute Gasteiger partial charge is 0.382 e. The van der Waals surface area contributed by atoms with E-state index in [9.17, 15) is 0 Å². The van der Waals surface area contributed by atoms with E-state index < -0.39 is 0 Å². The van der Waals surface area contributed by atoms with Crippen molar-refractivity contribution in [1.82, 2.24) is 15.6 Å². The van der Waals surface area contributed by atoms with Crippen LogP contribution in [0.25, 0.3) is 0 Å². The molecule has 1 rings (SSSR count). The van der Waals surface area contributed by atoms with E-state index in [1.807, 2.05) is 13.1 Å². The first-order chi connectivity index (χ1) is 10.3. The molecule has 0 spiro atoms. The summed E-state index contributed by atoms with van der Waals surface area (Å²) in [5, 5.41) is 7.80. The summed E-state index contributed by atoms with van der Waals surface area (Å²) in [5.41, 5.74) is 0. The lowest BCUT2D eigenvalue weighted by Crippen LogP contribution is -2.38. The van der Waals surface area contributed by atoms with E-state index in [4.69, 9.17) is 4.74 Å². The van der Waals surface area contributed by atoms with E-state index in [-0.39, 0.29) is 0 Å². The van der Waals surface area contributed by atoms with Crippen molar-refractivity contribution in [3.05, 3.63) is 16.1 Å². The van der Waals surface area contributed by atoms with Crippen LogP contribution in [0.5, 0.6) is 0 Å². The SMILES string of the molecule is CCNC(=NCCCCOCC)NCCc1ncc(C)s1. The zero-order valence-electron chi connectivity index (χ0n) is 13.4. The second kappa shape index (κ2) is 11.5. The summed E-state index contributed by atoms with van der Waals surface area (Å²) >= 11 is 1.76. The van der Waals surface area contributed by atoms with Crippen LogP contribution in [0, 0.1) is 6.92 Å². The fraction of sp³-hybridized carbons (Fsp3) is 0.733. The number of aryl methyl sites for hydroxylation is 1. The Hall–Kier alpha value is -1.14. The Balaban J connectivity index is 2.21. The third-order valence-corrected chi connectivity index (χ3v) is 3.79. The number of hydrogen-bond acceptors (Lipinski definition) is 4. The van der Waals surface area contributed by atoms with Gasteiger partial charge in [0.25, 0.3) is 0 Å². The van der Waals surface area contributed by atoms with Gasteiger partial charge >= 0.3 is 0 Å². The number of thiazole rings is 1. The molecule has 1 heterocycles. The number of aromatic nitrogens is 1. The quantitative estimate of drug-likeness (QED) is 0.396. The first-order valence-corrected chi connectivity index (χ1v) is 8.59. The van der Waals surface area contributed by atoms with Gasteiger partial charge in [0, 0.05) is 50.3 Å². The van der Waals surface area contributed by atoms with Crippen LogP contribution < -0.4 is 10.6 Å². The fourth-order valence-electron chi connectivity index (χ4n) is 1.80. The minimum absolute atomic E-state index is 0.795. The predicted octanol–water partition coefficient (Wildman–Crippen LogP) is 2.37. The van der Waals surface area contributed by atoms with Crippen molar-refractivity contribution in [1.29, 1.82) is 0 Å². The molecule has 1 aromatic heterocycles. The second-order valence-corrected chi connectivity index (χ2v) is 6.03. The number of ether oxygens (including phenoxy) is 1. The molecule has 0 amide bonds. The monoisotopic (exact) mass is 312 g/mol. The number of hydrogen-bond donors (Lipinski definition) is 2. The van der Waals surface area contributed by atoms with Crippen LogP contribution in [0.15, 0.2) is 11.2 Å². The van der Waals surface area contributed by atoms with Gasteiger partial charge in [-0.25, -0.2) is 4.98 Å². The number of guanidine groups is 1. The van der Waals surface area contributed by atoms with Gasteiger partial charge in [-0.3, -0.25) is 4.99 Å². The fourth-order valence-corrected chi connectivity index (χ4v) is 2.58. The average molecular weight is 312 g/mol. The molecule has 6 heteroatoms. The molecule has 1 aromatic rings. The molecule has 0 saturated heterocycles. The van der Waals surface area contributed by atoms with Crippen LogP contribution >= 0.6 is 11.3 Å². The Morgan fingerprint density at radius 2 is 2.19 bits per heavy atom. The number of nitrogens with zero attached hydrogens (tertiary/aromatic N) is 2. The highest BCUT2D eigenvalue weighted by atomic mass is 32.1. The maximum Gasteiger partial charge on any atom is 0.191 e. The summed E-state index contributed by atoms with van der Waals surface area (Å²) in [5.74, 6) is 0.891. The van der Waals surface area contributed by atoms with Gasteiger partial charge in [0.1, 0.15) is 0 Å². The van der Waals surface area contributed by atoms with Crippen molar-refractivity contribution in [2.75, 3.05) is 32.8 Å². The minimum atomic E-state index is 0.795. The smallest absolute Gasteiger partial charge is 0.191 e. The van der Waals surface area contributed by atoms with Crippen LogP contribution in [0.3, 0.4) is 0 Å². The van der Waals surface area contributed by atoms with Crippen LogP contribution in [0.2, 0.25) is 0 Å². The third-order valence-electron chi connectivity index (χ3n) is 2.82. The van der Waals surface area contributed by atoms with Gasteiger partial charge in [-0.05, 0) is 33.6 Å². The van der Waals surface area contributed by atoms with E-state index >= 15 is 0 Å². The molecule has 0 radical (unpaired) electrons. The molecule has 5 nitrogen and oxygen atoms in total. The molecule has 0 aliphatic heterocycles. The Labute approximate surface area is 132 Å². The first-order valence-electron chi connectivity index (χ1n) is 7.77. The van der Waals surface area contributed by atoms with Gasteiger partial charge in [-0.1, -0.05) is 0 Å². The number of unbranched alkanes of at least 4 members (excludes halogenated alkanes) is 1. The zero-order chi connectivity index (χ0) is 15.3. The molecular weight excluding hydrogens is 284 g/mol. The van der Waals surface area contributed by atoms with E-state index in [2.05, 4.69) is 34.5 Å². The van der Waals surface area contributed by atoms with Gasteiger partial charge in [0.2, 0.25) is 0 Å². The second-order valence-electron chi connectivity index (χ2n) is 4.71. The van der Waals surface area contributed by atoms with Crippen LogP contribution in [-0.4, -0.2) is 43.8 Å². The molecule has 0 atom stereocenters. The molecular formula is C15H28N4OS. The number of aliphatic imine (C=N–C) groups is 1. The van der Waals surface area contributed by atoms with Gasteiger partial charge in [-0.15, -0.1) is 11.3 Å². The molecule has 0 aliphatic rings. The predicted molar refractivity (Wildman–Crippen MR) is 90.3 cm³/mol. The Morgan fingerprint density at radius 3 is 2.86 bits per heavy atom. The lowest BCUT2D eigenvalue weighted by molar-refractivity contribution is 0.144. The highest BCUT2D eigenvalue weighted by Gasteiger charge is 2.00. The molecule has 21 heavy (non-hydrogen) atoms. The summed E-state index contributed by atoms with van der Waals surface area (Å²) in [6.45, 7) is 10.4. The van der Waals surface area contributed by atoms with Gasteiger partial charge in [-0.2, -0.15) is 0 Å². The average Bonchev–Trinajstić information content (AvgIpc) is 2.88.